The molecule has 0 radical (unpaired) electrons. The van der Waals surface area contributed by atoms with Crippen molar-refractivity contribution in [1.82, 2.24) is 0 Å². The highest BCUT2D eigenvalue weighted by Crippen LogP contribution is 2.33. The summed E-state index contributed by atoms with van der Waals surface area (Å²) in [5, 5.41) is 0. The van der Waals surface area contributed by atoms with Crippen molar-refractivity contribution >= 4 is 0 Å². The maximum atomic E-state index is 5.83. The smallest absolute Gasteiger partial charge is 0.0583 e. The van der Waals surface area contributed by atoms with Gasteiger partial charge >= 0.3 is 0 Å². The molecule has 2 nitrogen and oxygen atoms in total. The third kappa shape index (κ3) is 3.25. The Hall–Kier alpha value is -0.0800. The zero-order chi connectivity index (χ0) is 10.8. The molecule has 0 aliphatic carbocycles. The molecule has 1 fully saturated rings. The second-order valence-corrected chi connectivity index (χ2v) is 5.68. The van der Waals surface area contributed by atoms with Crippen LogP contribution in [0.2, 0.25) is 0 Å². The van der Waals surface area contributed by atoms with Crippen molar-refractivity contribution in [2.45, 2.75) is 59.2 Å². The van der Waals surface area contributed by atoms with Gasteiger partial charge in [-0.15, -0.1) is 0 Å². The van der Waals surface area contributed by atoms with Gasteiger partial charge < -0.3 is 10.5 Å². The molecule has 84 valence electrons. The Bertz CT molecular complexity index is 174. The minimum absolute atomic E-state index is 0.309. The SMILES string of the molecule is CC1CCC(CC(CN)C(C)(C)C)O1. The number of hydrogen-bond acceptors (Lipinski definition) is 2. The van der Waals surface area contributed by atoms with Crippen molar-refractivity contribution in [3.8, 4) is 0 Å². The van der Waals surface area contributed by atoms with Crippen LogP contribution in [0.25, 0.3) is 0 Å². The minimum atomic E-state index is 0.309. The van der Waals surface area contributed by atoms with Crippen LogP contribution in [0.15, 0.2) is 0 Å². The van der Waals surface area contributed by atoms with Crippen molar-refractivity contribution in [1.29, 1.82) is 0 Å². The summed E-state index contributed by atoms with van der Waals surface area (Å²) >= 11 is 0. The summed E-state index contributed by atoms with van der Waals surface area (Å²) in [6, 6.07) is 0. The quantitative estimate of drug-likeness (QED) is 0.758. The lowest BCUT2D eigenvalue weighted by molar-refractivity contribution is 0.0283. The molecule has 0 spiro atoms. The first kappa shape index (κ1) is 12.0. The first-order valence-corrected chi connectivity index (χ1v) is 5.79. The molecule has 1 saturated heterocycles. The van der Waals surface area contributed by atoms with E-state index in [1.54, 1.807) is 0 Å². The van der Waals surface area contributed by atoms with Gasteiger partial charge in [-0.2, -0.15) is 0 Å². The molecule has 3 unspecified atom stereocenters. The Morgan fingerprint density at radius 1 is 1.36 bits per heavy atom. The summed E-state index contributed by atoms with van der Waals surface area (Å²) in [6.07, 6.45) is 4.47. The van der Waals surface area contributed by atoms with E-state index < -0.39 is 0 Å². The van der Waals surface area contributed by atoms with Gasteiger partial charge in [0.05, 0.1) is 12.2 Å². The highest BCUT2D eigenvalue weighted by Gasteiger charge is 2.30. The first-order chi connectivity index (χ1) is 6.43. The van der Waals surface area contributed by atoms with Crippen molar-refractivity contribution < 1.29 is 4.74 Å². The Balaban J connectivity index is 2.41. The molecule has 3 atom stereocenters. The van der Waals surface area contributed by atoms with E-state index >= 15 is 0 Å². The van der Waals surface area contributed by atoms with Gasteiger partial charge in [0.2, 0.25) is 0 Å². The predicted octanol–water partition coefficient (Wildman–Crippen LogP) is 2.57. The zero-order valence-electron chi connectivity index (χ0n) is 10.0. The summed E-state index contributed by atoms with van der Waals surface area (Å²) in [6.45, 7) is 9.74. The van der Waals surface area contributed by atoms with Gasteiger partial charge in [-0.1, -0.05) is 20.8 Å². The molecule has 14 heavy (non-hydrogen) atoms. The fraction of sp³-hybridized carbons (Fsp3) is 1.00. The minimum Gasteiger partial charge on any atom is -0.375 e. The van der Waals surface area contributed by atoms with E-state index in [2.05, 4.69) is 27.7 Å². The highest BCUT2D eigenvalue weighted by atomic mass is 16.5. The molecule has 1 aliphatic heterocycles. The average Bonchev–Trinajstić information content (AvgIpc) is 2.45. The summed E-state index contributed by atoms with van der Waals surface area (Å²) in [5.41, 5.74) is 6.13. The van der Waals surface area contributed by atoms with Crippen molar-refractivity contribution in [2.24, 2.45) is 17.1 Å². The molecular formula is C12H25NO. The van der Waals surface area contributed by atoms with Crippen molar-refractivity contribution in [3.63, 3.8) is 0 Å². The van der Waals surface area contributed by atoms with Crippen LogP contribution in [0, 0.1) is 11.3 Å². The third-order valence-electron chi connectivity index (χ3n) is 3.38. The number of ether oxygens (including phenoxy) is 1. The Morgan fingerprint density at radius 3 is 2.36 bits per heavy atom. The van der Waals surface area contributed by atoms with Crippen LogP contribution < -0.4 is 5.73 Å². The van der Waals surface area contributed by atoms with E-state index in [0.717, 1.165) is 13.0 Å². The standard InChI is InChI=1S/C12H25NO/c1-9-5-6-11(14-9)7-10(8-13)12(2,3)4/h9-11H,5-8,13H2,1-4H3. The topological polar surface area (TPSA) is 35.2 Å². The fourth-order valence-electron chi connectivity index (χ4n) is 2.18. The lowest BCUT2D eigenvalue weighted by Crippen LogP contribution is -2.31. The van der Waals surface area contributed by atoms with Crippen molar-refractivity contribution in [2.75, 3.05) is 6.54 Å². The first-order valence-electron chi connectivity index (χ1n) is 5.79. The summed E-state index contributed by atoms with van der Waals surface area (Å²) < 4.78 is 5.83. The highest BCUT2D eigenvalue weighted by molar-refractivity contribution is 4.80. The average molecular weight is 199 g/mol. The van der Waals surface area contributed by atoms with Crippen LogP contribution in [0.3, 0.4) is 0 Å². The van der Waals surface area contributed by atoms with Gasteiger partial charge in [-0.25, -0.2) is 0 Å². The van der Waals surface area contributed by atoms with Gasteiger partial charge in [0, 0.05) is 0 Å². The van der Waals surface area contributed by atoms with Gasteiger partial charge in [-0.05, 0) is 44.1 Å². The summed E-state index contributed by atoms with van der Waals surface area (Å²) in [4.78, 5) is 0. The molecule has 0 aromatic rings. The maximum Gasteiger partial charge on any atom is 0.0583 e. The molecule has 0 amide bonds. The number of hydrogen-bond donors (Lipinski definition) is 1. The predicted molar refractivity (Wildman–Crippen MR) is 60.2 cm³/mol. The normalized spacial score (nSPS) is 30.6. The molecule has 1 rings (SSSR count). The molecular weight excluding hydrogens is 174 g/mol. The largest absolute Gasteiger partial charge is 0.375 e. The van der Waals surface area contributed by atoms with Gasteiger partial charge in [0.25, 0.3) is 0 Å². The van der Waals surface area contributed by atoms with E-state index in [4.69, 9.17) is 10.5 Å². The monoisotopic (exact) mass is 199 g/mol. The lowest BCUT2D eigenvalue weighted by atomic mass is 9.77. The summed E-state index contributed by atoms with van der Waals surface area (Å²) in [7, 11) is 0. The van der Waals surface area contributed by atoms with Crippen LogP contribution in [0.4, 0.5) is 0 Å². The second kappa shape index (κ2) is 4.63. The maximum absolute atomic E-state index is 5.83. The zero-order valence-corrected chi connectivity index (χ0v) is 10.0. The van der Waals surface area contributed by atoms with Crippen LogP contribution in [0.1, 0.15) is 47.0 Å². The Labute approximate surface area is 88.2 Å². The van der Waals surface area contributed by atoms with Crippen LogP contribution in [0.5, 0.6) is 0 Å². The van der Waals surface area contributed by atoms with Gasteiger partial charge in [0.15, 0.2) is 0 Å². The molecule has 1 aliphatic rings. The van der Waals surface area contributed by atoms with Gasteiger partial charge in [0.1, 0.15) is 0 Å². The second-order valence-electron chi connectivity index (χ2n) is 5.68. The molecule has 0 bridgehead atoms. The molecule has 0 saturated carbocycles. The van der Waals surface area contributed by atoms with E-state index in [-0.39, 0.29) is 0 Å². The van der Waals surface area contributed by atoms with E-state index in [1.165, 1.54) is 12.8 Å². The van der Waals surface area contributed by atoms with E-state index in [0.29, 0.717) is 23.5 Å². The molecule has 0 aromatic heterocycles. The summed E-state index contributed by atoms with van der Waals surface area (Å²) in [5.74, 6) is 0.581. The fourth-order valence-corrected chi connectivity index (χ4v) is 2.18. The number of rotatable bonds is 3. The van der Waals surface area contributed by atoms with Gasteiger partial charge in [-0.3, -0.25) is 0 Å². The molecule has 1 heterocycles. The lowest BCUT2D eigenvalue weighted by Gasteiger charge is -2.31. The Morgan fingerprint density at radius 2 is 2.00 bits per heavy atom. The van der Waals surface area contributed by atoms with Crippen molar-refractivity contribution in [3.05, 3.63) is 0 Å². The molecule has 2 N–H and O–H groups in total. The molecule has 2 heteroatoms. The molecule has 0 aromatic carbocycles. The third-order valence-corrected chi connectivity index (χ3v) is 3.38. The Kier molecular flexibility index (Phi) is 3.96. The van der Waals surface area contributed by atoms with Crippen LogP contribution >= 0.6 is 0 Å². The number of nitrogens with two attached hydrogens (primary N) is 1. The van der Waals surface area contributed by atoms with Crippen LogP contribution in [-0.4, -0.2) is 18.8 Å². The van der Waals surface area contributed by atoms with E-state index in [1.807, 2.05) is 0 Å². The van der Waals surface area contributed by atoms with Crippen LogP contribution in [-0.2, 0) is 4.74 Å². The van der Waals surface area contributed by atoms with E-state index in [9.17, 15) is 0 Å².